The molecule has 4 rings (SSSR count). The van der Waals surface area contributed by atoms with Gasteiger partial charge < -0.3 is 19.9 Å². The number of aromatic hydroxyl groups is 1. The minimum Gasteiger partial charge on any atom is -0.508 e. The van der Waals surface area contributed by atoms with Crippen LogP contribution in [-0.4, -0.2) is 31.0 Å². The lowest BCUT2D eigenvalue weighted by Crippen LogP contribution is -2.38. The van der Waals surface area contributed by atoms with Gasteiger partial charge >= 0.3 is 0 Å². The average molecular weight is 393 g/mol. The van der Waals surface area contributed by atoms with Crippen LogP contribution in [0.1, 0.15) is 42.2 Å². The predicted molar refractivity (Wildman–Crippen MR) is 107 cm³/mol. The Hall–Kier alpha value is -3.28. The van der Waals surface area contributed by atoms with E-state index in [0.29, 0.717) is 35.6 Å². The molecule has 29 heavy (non-hydrogen) atoms. The van der Waals surface area contributed by atoms with E-state index in [4.69, 9.17) is 9.47 Å². The van der Waals surface area contributed by atoms with E-state index in [1.165, 1.54) is 0 Å². The summed E-state index contributed by atoms with van der Waals surface area (Å²) in [6, 6.07) is 12.4. The van der Waals surface area contributed by atoms with E-state index < -0.39 is 0 Å². The van der Waals surface area contributed by atoms with E-state index in [1.54, 1.807) is 32.4 Å². The van der Waals surface area contributed by atoms with E-state index in [-0.39, 0.29) is 35.7 Å². The molecule has 2 N–H and O–H groups in total. The number of phenolic OH excluding ortho intramolecular Hbond substituents is 1. The summed E-state index contributed by atoms with van der Waals surface area (Å²) >= 11 is 0. The Balaban J connectivity index is 1.70. The van der Waals surface area contributed by atoms with Crippen LogP contribution >= 0.6 is 0 Å². The molecule has 2 aromatic carbocycles. The number of methoxy groups -OCH3 is 2. The second kappa shape index (κ2) is 7.62. The summed E-state index contributed by atoms with van der Waals surface area (Å²) in [4.78, 5) is 25.5. The topological polar surface area (TPSA) is 84.9 Å². The fourth-order valence-corrected chi connectivity index (χ4v) is 4.33. The van der Waals surface area contributed by atoms with E-state index in [1.807, 2.05) is 24.3 Å². The number of Topliss-reactive ketones (excluding diaryl/α,β-unsaturated/α-hetero) is 1. The molecule has 0 spiro atoms. The Bertz CT molecular complexity index is 1010. The second-order valence-corrected chi connectivity index (χ2v) is 7.43. The van der Waals surface area contributed by atoms with Crippen LogP contribution in [0.15, 0.2) is 53.7 Å². The molecule has 1 aliphatic heterocycles. The van der Waals surface area contributed by atoms with Crippen LogP contribution in [0, 0.1) is 0 Å². The van der Waals surface area contributed by atoms with Gasteiger partial charge in [0, 0.05) is 30.0 Å². The third-order valence-electron chi connectivity index (χ3n) is 5.69. The monoisotopic (exact) mass is 393 g/mol. The molecule has 6 heteroatoms. The van der Waals surface area contributed by atoms with Gasteiger partial charge in [0.1, 0.15) is 5.75 Å². The highest BCUT2D eigenvalue weighted by Gasteiger charge is 2.38. The first-order valence-electron chi connectivity index (χ1n) is 9.57. The molecule has 0 saturated carbocycles. The lowest BCUT2D eigenvalue weighted by atomic mass is 9.73. The number of carbonyl (C=O) groups is 2. The standard InChI is InChI=1S/C23H23NO5/c1-28-20-7-6-13(11-21(20)29-2)15-9-18-23(19(26)10-15)17(12-22(27)24-18)14-4-3-5-16(25)8-14/h3-8,11,15,17,25H,9-10,12H2,1-2H3,(H,24,27)/t15-,17-/m0/s1. The zero-order chi connectivity index (χ0) is 20.5. The largest absolute Gasteiger partial charge is 0.508 e. The Morgan fingerprint density at radius 1 is 0.931 bits per heavy atom. The van der Waals surface area contributed by atoms with Crippen molar-refractivity contribution in [3.8, 4) is 17.2 Å². The number of ketones is 1. The lowest BCUT2D eigenvalue weighted by Gasteiger charge is -2.34. The molecular weight excluding hydrogens is 370 g/mol. The smallest absolute Gasteiger partial charge is 0.225 e. The van der Waals surface area contributed by atoms with Crippen LogP contribution in [0.3, 0.4) is 0 Å². The Labute approximate surface area is 169 Å². The number of rotatable bonds is 4. The van der Waals surface area contributed by atoms with Crippen molar-refractivity contribution in [1.82, 2.24) is 5.32 Å². The van der Waals surface area contributed by atoms with Crippen LogP contribution in [-0.2, 0) is 9.59 Å². The van der Waals surface area contributed by atoms with E-state index in [9.17, 15) is 14.7 Å². The summed E-state index contributed by atoms with van der Waals surface area (Å²) in [6.07, 6.45) is 1.13. The van der Waals surface area contributed by atoms with E-state index in [0.717, 1.165) is 11.1 Å². The molecule has 0 fully saturated rings. The van der Waals surface area contributed by atoms with Gasteiger partial charge in [-0.05, 0) is 47.7 Å². The molecule has 0 unspecified atom stereocenters. The molecule has 1 aliphatic carbocycles. The fourth-order valence-electron chi connectivity index (χ4n) is 4.33. The van der Waals surface area contributed by atoms with E-state index >= 15 is 0 Å². The van der Waals surface area contributed by atoms with Gasteiger partial charge in [-0.2, -0.15) is 0 Å². The van der Waals surface area contributed by atoms with Crippen molar-refractivity contribution in [2.75, 3.05) is 14.2 Å². The summed E-state index contributed by atoms with van der Waals surface area (Å²) in [6.45, 7) is 0. The third kappa shape index (κ3) is 3.58. The zero-order valence-corrected chi connectivity index (χ0v) is 16.4. The Morgan fingerprint density at radius 3 is 2.45 bits per heavy atom. The van der Waals surface area contributed by atoms with Crippen LogP contribution in [0.4, 0.5) is 0 Å². The molecule has 1 heterocycles. The number of allylic oxidation sites excluding steroid dienone is 2. The van der Waals surface area contributed by atoms with Crippen molar-refractivity contribution in [1.29, 1.82) is 0 Å². The number of hydrogen-bond donors (Lipinski definition) is 2. The molecule has 0 bridgehead atoms. The highest BCUT2D eigenvalue weighted by atomic mass is 16.5. The molecule has 1 amide bonds. The predicted octanol–water partition coefficient (Wildman–Crippen LogP) is 3.41. The van der Waals surface area contributed by atoms with Gasteiger partial charge in [-0.3, -0.25) is 9.59 Å². The maximum atomic E-state index is 13.1. The average Bonchev–Trinajstić information content (AvgIpc) is 2.72. The van der Waals surface area contributed by atoms with Gasteiger partial charge in [0.15, 0.2) is 17.3 Å². The number of phenols is 1. The van der Waals surface area contributed by atoms with Crippen molar-refractivity contribution in [2.24, 2.45) is 0 Å². The van der Waals surface area contributed by atoms with Crippen LogP contribution in [0.2, 0.25) is 0 Å². The highest BCUT2D eigenvalue weighted by Crippen LogP contribution is 2.44. The first-order chi connectivity index (χ1) is 14.0. The van der Waals surface area contributed by atoms with Crippen LogP contribution in [0.25, 0.3) is 0 Å². The van der Waals surface area contributed by atoms with Gasteiger partial charge in [0.25, 0.3) is 0 Å². The van der Waals surface area contributed by atoms with Gasteiger partial charge in [-0.1, -0.05) is 18.2 Å². The number of hydrogen-bond acceptors (Lipinski definition) is 5. The number of amides is 1. The van der Waals surface area contributed by atoms with Crippen molar-refractivity contribution in [3.63, 3.8) is 0 Å². The normalized spacial score (nSPS) is 21.4. The second-order valence-electron chi connectivity index (χ2n) is 7.43. The maximum absolute atomic E-state index is 13.1. The number of nitrogens with one attached hydrogen (secondary N) is 1. The van der Waals surface area contributed by atoms with Crippen molar-refractivity contribution in [3.05, 3.63) is 64.9 Å². The summed E-state index contributed by atoms with van der Waals surface area (Å²) in [5.74, 6) is 0.907. The SMILES string of the molecule is COc1ccc([C@@H]2CC(=O)C3=C(C2)NC(=O)C[C@H]3c2cccc(O)c2)cc1OC. The van der Waals surface area contributed by atoms with E-state index in [2.05, 4.69) is 5.32 Å². The molecule has 2 aromatic rings. The molecule has 0 aromatic heterocycles. The minimum absolute atomic E-state index is 0.0272. The van der Waals surface area contributed by atoms with Gasteiger partial charge in [0.2, 0.25) is 5.91 Å². The molecule has 6 nitrogen and oxygen atoms in total. The van der Waals surface area contributed by atoms with Gasteiger partial charge in [0.05, 0.1) is 14.2 Å². The third-order valence-corrected chi connectivity index (χ3v) is 5.69. The zero-order valence-electron chi connectivity index (χ0n) is 16.4. The quantitative estimate of drug-likeness (QED) is 0.832. The molecular formula is C23H23NO5. The molecule has 2 atom stereocenters. The first kappa shape index (κ1) is 19.1. The summed E-state index contributed by atoms with van der Waals surface area (Å²) < 4.78 is 10.7. The summed E-state index contributed by atoms with van der Waals surface area (Å²) in [7, 11) is 3.16. The van der Waals surface area contributed by atoms with Crippen molar-refractivity contribution < 1.29 is 24.2 Å². The van der Waals surface area contributed by atoms with Gasteiger partial charge in [-0.25, -0.2) is 0 Å². The molecule has 0 saturated heterocycles. The highest BCUT2D eigenvalue weighted by molar-refractivity contribution is 6.02. The number of benzene rings is 2. The van der Waals surface area contributed by atoms with Crippen molar-refractivity contribution >= 4 is 11.7 Å². The summed E-state index contributed by atoms with van der Waals surface area (Å²) in [5, 5.41) is 12.7. The first-order valence-corrected chi connectivity index (χ1v) is 9.57. The molecule has 150 valence electrons. The Morgan fingerprint density at radius 2 is 1.72 bits per heavy atom. The van der Waals surface area contributed by atoms with Gasteiger partial charge in [-0.15, -0.1) is 0 Å². The number of ether oxygens (including phenoxy) is 2. The van der Waals surface area contributed by atoms with Crippen molar-refractivity contribution in [2.45, 2.75) is 31.1 Å². The number of carbonyl (C=O) groups excluding carboxylic acids is 2. The summed E-state index contributed by atoms with van der Waals surface area (Å²) in [5.41, 5.74) is 3.10. The minimum atomic E-state index is -0.329. The molecule has 2 aliphatic rings. The maximum Gasteiger partial charge on any atom is 0.225 e. The molecule has 0 radical (unpaired) electrons. The van der Waals surface area contributed by atoms with Crippen LogP contribution < -0.4 is 14.8 Å². The fraction of sp³-hybridized carbons (Fsp3) is 0.304. The Kier molecular flexibility index (Phi) is 5.01. The lowest BCUT2D eigenvalue weighted by molar-refractivity contribution is -0.122. The van der Waals surface area contributed by atoms with Crippen LogP contribution in [0.5, 0.6) is 17.2 Å².